The van der Waals surface area contributed by atoms with Gasteiger partial charge in [-0.3, -0.25) is 4.90 Å². The minimum absolute atomic E-state index is 0.0472. The lowest BCUT2D eigenvalue weighted by Crippen LogP contribution is -3.07. The summed E-state index contributed by atoms with van der Waals surface area (Å²) in [7, 11) is 4.53. The van der Waals surface area contributed by atoms with Gasteiger partial charge in [-0.05, 0) is 71.3 Å². The van der Waals surface area contributed by atoms with Crippen LogP contribution in [0.15, 0.2) is 96.7 Å². The molecule has 2 aliphatic heterocycles. The highest BCUT2D eigenvalue weighted by molar-refractivity contribution is 5.95. The van der Waals surface area contributed by atoms with E-state index >= 15 is 0 Å². The molecule has 4 aromatic carbocycles. The largest absolute Gasteiger partial charge is 0.347 e. The highest BCUT2D eigenvalue weighted by Crippen LogP contribution is 2.50. The third-order valence-corrected chi connectivity index (χ3v) is 8.69. The van der Waals surface area contributed by atoms with Gasteiger partial charge in [0.1, 0.15) is 11.7 Å². The van der Waals surface area contributed by atoms with Crippen LogP contribution in [0.2, 0.25) is 0 Å². The number of benzene rings is 4. The third kappa shape index (κ3) is 3.06. The van der Waals surface area contributed by atoms with E-state index in [0.717, 1.165) is 0 Å². The van der Waals surface area contributed by atoms with Crippen molar-refractivity contribution in [3.05, 3.63) is 108 Å². The van der Waals surface area contributed by atoms with Crippen molar-refractivity contribution in [2.75, 3.05) is 19.0 Å². The molecule has 0 spiro atoms. The lowest BCUT2D eigenvalue weighted by Gasteiger charge is -2.26. The van der Waals surface area contributed by atoms with E-state index in [-0.39, 0.29) is 10.8 Å². The number of nitrogens with one attached hydrogen (secondary N) is 1. The summed E-state index contributed by atoms with van der Waals surface area (Å²) < 4.78 is 0. The smallest absolute Gasteiger partial charge is 0.136 e. The SMILES string of the molecule is CN1C(=CC=CC2[NH+](C)c3ccc4ccccc4c3C2(C)C)C(C)(C)c2c1ccc1ccccc21. The van der Waals surface area contributed by atoms with E-state index < -0.39 is 0 Å². The van der Waals surface area contributed by atoms with E-state index in [9.17, 15) is 0 Å². The summed E-state index contributed by atoms with van der Waals surface area (Å²) >= 11 is 0. The second kappa shape index (κ2) is 7.57. The molecule has 2 nitrogen and oxygen atoms in total. The maximum absolute atomic E-state index is 2.43. The Morgan fingerprint density at radius 1 is 0.771 bits per heavy atom. The first-order valence-electron chi connectivity index (χ1n) is 12.7. The van der Waals surface area contributed by atoms with Gasteiger partial charge >= 0.3 is 0 Å². The quantitative estimate of drug-likeness (QED) is 0.352. The Hall–Kier alpha value is -3.36. The third-order valence-electron chi connectivity index (χ3n) is 8.69. The number of anilines is 1. The van der Waals surface area contributed by atoms with Crippen molar-refractivity contribution in [2.45, 2.75) is 44.6 Å². The Morgan fingerprint density at radius 3 is 2.06 bits per heavy atom. The second-order valence-corrected chi connectivity index (χ2v) is 11.4. The van der Waals surface area contributed by atoms with Crippen molar-refractivity contribution in [3.8, 4) is 0 Å². The minimum Gasteiger partial charge on any atom is -0.347 e. The number of nitrogens with zero attached hydrogens (tertiary/aromatic N) is 1. The molecule has 2 unspecified atom stereocenters. The summed E-state index contributed by atoms with van der Waals surface area (Å²) in [6, 6.07) is 27.1. The molecule has 6 rings (SSSR count). The Labute approximate surface area is 209 Å². The molecule has 176 valence electrons. The van der Waals surface area contributed by atoms with Gasteiger partial charge in [-0.25, -0.2) is 0 Å². The van der Waals surface area contributed by atoms with Gasteiger partial charge in [0.15, 0.2) is 0 Å². The molecule has 0 saturated heterocycles. The van der Waals surface area contributed by atoms with E-state index in [1.807, 2.05) is 0 Å². The van der Waals surface area contributed by atoms with Crippen molar-refractivity contribution in [1.82, 2.24) is 0 Å². The Balaban J connectivity index is 1.39. The molecular formula is C33H35N2+. The Bertz CT molecular complexity index is 1540. The summed E-state index contributed by atoms with van der Waals surface area (Å²) in [4.78, 5) is 3.85. The van der Waals surface area contributed by atoms with Crippen LogP contribution >= 0.6 is 0 Å². The van der Waals surface area contributed by atoms with E-state index in [1.54, 1.807) is 0 Å². The van der Waals surface area contributed by atoms with Crippen LogP contribution in [0.3, 0.4) is 0 Å². The lowest BCUT2D eigenvalue weighted by molar-refractivity contribution is -0.828. The van der Waals surface area contributed by atoms with Crippen LogP contribution in [-0.4, -0.2) is 20.1 Å². The fraction of sp³-hybridized carbons (Fsp3) is 0.273. The van der Waals surface area contributed by atoms with Gasteiger partial charge < -0.3 is 4.90 Å². The summed E-state index contributed by atoms with van der Waals surface area (Å²) in [5, 5.41) is 5.39. The number of allylic oxidation sites excluding steroid dienone is 3. The normalized spacial score (nSPS) is 23.5. The molecule has 2 aliphatic rings. The first-order valence-corrected chi connectivity index (χ1v) is 12.7. The highest BCUT2D eigenvalue weighted by atomic mass is 15.2. The predicted octanol–water partition coefficient (Wildman–Crippen LogP) is 6.67. The average Bonchev–Trinajstić information content (AvgIpc) is 3.17. The standard InChI is InChI=1S/C33H34N2/c1-32(2)28(34(5)26-20-18-22-12-7-9-14-24(22)30(26)32)16-11-17-29-33(3,4)31-25-15-10-8-13-23(25)19-21-27(31)35(29)6/h7-21,28H,1-6H3/p+1. The number of hydrogen-bond donors (Lipinski definition) is 1. The van der Waals surface area contributed by atoms with Crippen LogP contribution in [0, 0.1) is 0 Å². The van der Waals surface area contributed by atoms with Crippen molar-refractivity contribution in [3.63, 3.8) is 0 Å². The van der Waals surface area contributed by atoms with Gasteiger partial charge in [-0.1, -0.05) is 74.5 Å². The van der Waals surface area contributed by atoms with Gasteiger partial charge in [-0.2, -0.15) is 0 Å². The van der Waals surface area contributed by atoms with Crippen LogP contribution in [0.1, 0.15) is 38.8 Å². The number of rotatable bonds is 2. The Kier molecular flexibility index (Phi) is 4.78. The number of hydrogen-bond acceptors (Lipinski definition) is 1. The minimum atomic E-state index is -0.0571. The maximum atomic E-state index is 2.43. The summed E-state index contributed by atoms with van der Waals surface area (Å²) in [5.41, 5.74) is 7.00. The van der Waals surface area contributed by atoms with E-state index in [1.165, 1.54) is 54.6 Å². The van der Waals surface area contributed by atoms with Crippen molar-refractivity contribution in [2.24, 2.45) is 0 Å². The molecule has 35 heavy (non-hydrogen) atoms. The van der Waals surface area contributed by atoms with E-state index in [0.29, 0.717) is 6.04 Å². The number of likely N-dealkylation sites (N-methyl/N-ethyl adjacent to an activating group) is 2. The van der Waals surface area contributed by atoms with Gasteiger partial charge in [0.2, 0.25) is 0 Å². The van der Waals surface area contributed by atoms with E-state index in [2.05, 4.69) is 138 Å². The van der Waals surface area contributed by atoms with Crippen LogP contribution in [-0.2, 0) is 10.8 Å². The Morgan fingerprint density at radius 2 is 1.37 bits per heavy atom. The molecular weight excluding hydrogens is 424 g/mol. The van der Waals surface area contributed by atoms with Gasteiger partial charge in [0.05, 0.1) is 12.5 Å². The topological polar surface area (TPSA) is 7.68 Å². The molecule has 4 aromatic rings. The van der Waals surface area contributed by atoms with E-state index in [4.69, 9.17) is 0 Å². The fourth-order valence-electron chi connectivity index (χ4n) is 6.99. The first-order chi connectivity index (χ1) is 16.7. The molecule has 0 amide bonds. The molecule has 0 aromatic heterocycles. The predicted molar refractivity (Wildman–Crippen MR) is 150 cm³/mol. The van der Waals surface area contributed by atoms with Crippen LogP contribution < -0.4 is 9.80 Å². The van der Waals surface area contributed by atoms with Crippen molar-refractivity contribution >= 4 is 32.9 Å². The van der Waals surface area contributed by atoms with Crippen molar-refractivity contribution < 1.29 is 4.90 Å². The molecule has 2 atom stereocenters. The second-order valence-electron chi connectivity index (χ2n) is 11.4. The van der Waals surface area contributed by atoms with Crippen molar-refractivity contribution in [1.29, 1.82) is 0 Å². The summed E-state index contributed by atoms with van der Waals surface area (Å²) in [5.74, 6) is 0. The van der Waals surface area contributed by atoms with Crippen LogP contribution in [0.5, 0.6) is 0 Å². The number of fused-ring (bicyclic) bond motifs is 6. The monoisotopic (exact) mass is 459 g/mol. The molecule has 0 aliphatic carbocycles. The zero-order valence-corrected chi connectivity index (χ0v) is 21.7. The van der Waals surface area contributed by atoms with Crippen LogP contribution in [0.4, 0.5) is 11.4 Å². The summed E-state index contributed by atoms with van der Waals surface area (Å²) in [6.07, 6.45) is 7.09. The maximum Gasteiger partial charge on any atom is 0.136 e. The van der Waals surface area contributed by atoms with Gasteiger partial charge in [-0.15, -0.1) is 0 Å². The molecule has 1 N–H and O–H groups in total. The highest BCUT2D eigenvalue weighted by Gasteiger charge is 2.47. The molecule has 0 bridgehead atoms. The average molecular weight is 460 g/mol. The molecule has 0 radical (unpaired) electrons. The molecule has 0 saturated carbocycles. The zero-order valence-electron chi connectivity index (χ0n) is 21.7. The molecule has 0 fully saturated rings. The lowest BCUT2D eigenvalue weighted by atomic mass is 9.78. The molecule has 2 heterocycles. The molecule has 2 heteroatoms. The zero-order chi connectivity index (χ0) is 24.5. The number of quaternary nitrogens is 1. The summed E-state index contributed by atoms with van der Waals surface area (Å²) in [6.45, 7) is 9.54. The first kappa shape index (κ1) is 22.1. The van der Waals surface area contributed by atoms with Gasteiger partial charge in [0, 0.05) is 29.4 Å². The van der Waals surface area contributed by atoms with Crippen LogP contribution in [0.25, 0.3) is 21.5 Å². The fourth-order valence-corrected chi connectivity index (χ4v) is 6.99. The van der Waals surface area contributed by atoms with Gasteiger partial charge in [0.25, 0.3) is 0 Å².